The number of guanidine groups is 1. The van der Waals surface area contributed by atoms with Gasteiger partial charge in [0.05, 0.1) is 12.1 Å². The Kier molecular flexibility index (Phi) is 10.8. The number of aryl methyl sites for hydroxylation is 1. The van der Waals surface area contributed by atoms with Crippen molar-refractivity contribution in [3.63, 3.8) is 0 Å². The third-order valence-electron chi connectivity index (χ3n) is 4.15. The van der Waals surface area contributed by atoms with E-state index in [1.54, 1.807) is 6.33 Å². The van der Waals surface area contributed by atoms with Gasteiger partial charge < -0.3 is 15.2 Å². The Hall–Kier alpha value is -2.11. The van der Waals surface area contributed by atoms with Crippen molar-refractivity contribution >= 4 is 29.9 Å². The lowest BCUT2D eigenvalue weighted by molar-refractivity contribution is -0.137. The number of nitrogens with zero attached hydrogens (tertiary/aromatic N) is 4. The molecule has 6 nitrogen and oxygen atoms in total. The van der Waals surface area contributed by atoms with Gasteiger partial charge in [-0.25, -0.2) is 4.99 Å². The summed E-state index contributed by atoms with van der Waals surface area (Å²) in [6, 6.07) is 5.21. The Balaban J connectivity index is 0.00000450. The summed E-state index contributed by atoms with van der Waals surface area (Å²) in [5, 5.41) is 14.4. The van der Waals surface area contributed by atoms with E-state index in [-0.39, 0.29) is 24.0 Å². The topological polar surface area (TPSA) is 67.1 Å². The molecule has 0 spiro atoms. The molecule has 0 aliphatic carbocycles. The molecule has 1 aromatic carbocycles. The van der Waals surface area contributed by atoms with Crippen LogP contribution in [0.4, 0.5) is 13.2 Å². The third kappa shape index (κ3) is 8.72. The molecule has 0 aliphatic rings. The van der Waals surface area contributed by atoms with Crippen molar-refractivity contribution in [3.8, 4) is 0 Å². The summed E-state index contributed by atoms with van der Waals surface area (Å²) < 4.78 is 39.9. The molecule has 0 saturated carbocycles. The number of hydrogen-bond acceptors (Lipinski definition) is 3. The number of halogens is 4. The first-order chi connectivity index (χ1) is 13.8. The van der Waals surface area contributed by atoms with Gasteiger partial charge in [0.2, 0.25) is 0 Å². The Bertz CT molecular complexity index is 815. The molecule has 0 fully saturated rings. The van der Waals surface area contributed by atoms with Crippen LogP contribution in [0.2, 0.25) is 0 Å². The number of aliphatic imine (C=N–C) groups is 1. The predicted molar refractivity (Wildman–Crippen MR) is 123 cm³/mol. The molecule has 0 bridgehead atoms. The van der Waals surface area contributed by atoms with Gasteiger partial charge in [-0.2, -0.15) is 13.2 Å². The second kappa shape index (κ2) is 12.6. The molecule has 1 aromatic heterocycles. The number of alkyl halides is 3. The second-order valence-corrected chi connectivity index (χ2v) is 6.71. The molecule has 0 saturated heterocycles. The fraction of sp³-hybridized carbons (Fsp3) is 0.450. The number of rotatable bonds is 9. The highest BCUT2D eigenvalue weighted by Gasteiger charge is 2.29. The lowest BCUT2D eigenvalue weighted by Crippen LogP contribution is -2.40. The quantitative estimate of drug-likeness (QED) is 0.221. The molecular formula is C20H28F3IN6. The second-order valence-electron chi connectivity index (χ2n) is 6.71. The minimum atomic E-state index is -4.31. The summed E-state index contributed by atoms with van der Waals surface area (Å²) in [5.41, 5.74) is 1.11. The largest absolute Gasteiger partial charge is 0.416 e. The standard InChI is InChI=1S/C20H27F3N6.HI/c1-4-18-28-27-14-29(18)12-11-25-19(26-13-15(2)3)24-10-9-16-5-7-17(8-6-16)20(21,22)23;/h5-8,14H,2,4,9-13H2,1,3H3,(H2,24,25,26);1H. The van der Waals surface area contributed by atoms with E-state index >= 15 is 0 Å². The molecule has 0 unspecified atom stereocenters. The van der Waals surface area contributed by atoms with Gasteiger partial charge in [0, 0.05) is 26.1 Å². The Labute approximate surface area is 192 Å². The van der Waals surface area contributed by atoms with Gasteiger partial charge in [-0.15, -0.1) is 34.2 Å². The fourth-order valence-corrected chi connectivity index (χ4v) is 2.61. The minimum absolute atomic E-state index is 0. The first-order valence-electron chi connectivity index (χ1n) is 9.49. The van der Waals surface area contributed by atoms with E-state index in [1.165, 1.54) is 12.1 Å². The molecular weight excluding hydrogens is 508 g/mol. The number of aromatic nitrogens is 3. The average Bonchev–Trinajstić information content (AvgIpc) is 3.12. The lowest BCUT2D eigenvalue weighted by atomic mass is 10.1. The SMILES string of the molecule is C=C(C)CN=C(NCCc1ccc(C(F)(F)F)cc1)NCCn1cnnc1CC.I. The number of nitrogens with one attached hydrogen (secondary N) is 2. The van der Waals surface area contributed by atoms with Gasteiger partial charge in [-0.1, -0.05) is 31.2 Å². The Morgan fingerprint density at radius 3 is 2.43 bits per heavy atom. The van der Waals surface area contributed by atoms with Gasteiger partial charge in [-0.05, 0) is 31.0 Å². The highest BCUT2D eigenvalue weighted by Crippen LogP contribution is 2.29. The van der Waals surface area contributed by atoms with E-state index in [9.17, 15) is 13.2 Å². The van der Waals surface area contributed by atoms with Crippen LogP contribution in [0, 0.1) is 0 Å². The van der Waals surface area contributed by atoms with Crippen molar-refractivity contribution in [2.75, 3.05) is 19.6 Å². The predicted octanol–water partition coefficient (Wildman–Crippen LogP) is 3.83. The summed E-state index contributed by atoms with van der Waals surface area (Å²) in [4.78, 5) is 4.47. The maximum absolute atomic E-state index is 12.6. The van der Waals surface area contributed by atoms with E-state index in [4.69, 9.17) is 0 Å². The number of hydrogen-bond donors (Lipinski definition) is 2. The van der Waals surface area contributed by atoms with Gasteiger partial charge in [0.25, 0.3) is 0 Å². The molecule has 0 radical (unpaired) electrons. The average molecular weight is 536 g/mol. The van der Waals surface area contributed by atoms with E-state index in [0.717, 1.165) is 35.5 Å². The Morgan fingerprint density at radius 1 is 1.17 bits per heavy atom. The molecule has 2 rings (SSSR count). The van der Waals surface area contributed by atoms with Crippen molar-refractivity contribution in [2.45, 2.75) is 39.4 Å². The fourth-order valence-electron chi connectivity index (χ4n) is 2.61. The van der Waals surface area contributed by atoms with Crippen molar-refractivity contribution in [1.82, 2.24) is 25.4 Å². The van der Waals surface area contributed by atoms with Crippen LogP contribution in [0.3, 0.4) is 0 Å². The highest BCUT2D eigenvalue weighted by atomic mass is 127. The maximum Gasteiger partial charge on any atom is 0.416 e. The normalized spacial score (nSPS) is 11.7. The van der Waals surface area contributed by atoms with E-state index in [1.807, 2.05) is 18.4 Å². The minimum Gasteiger partial charge on any atom is -0.356 e. The van der Waals surface area contributed by atoms with Crippen LogP contribution < -0.4 is 10.6 Å². The zero-order chi connectivity index (χ0) is 21.3. The summed E-state index contributed by atoms with van der Waals surface area (Å²) in [6.07, 6.45) is -1.23. The number of benzene rings is 1. The van der Waals surface area contributed by atoms with E-state index < -0.39 is 11.7 Å². The molecule has 10 heteroatoms. The van der Waals surface area contributed by atoms with Crippen LogP contribution in [0.25, 0.3) is 0 Å². The van der Waals surface area contributed by atoms with E-state index in [0.29, 0.717) is 38.6 Å². The lowest BCUT2D eigenvalue weighted by Gasteiger charge is -2.14. The Morgan fingerprint density at radius 2 is 1.83 bits per heavy atom. The zero-order valence-electron chi connectivity index (χ0n) is 17.2. The zero-order valence-corrected chi connectivity index (χ0v) is 19.5. The third-order valence-corrected chi connectivity index (χ3v) is 4.15. The summed E-state index contributed by atoms with van der Waals surface area (Å²) in [6.45, 7) is 10.1. The van der Waals surface area contributed by atoms with Gasteiger partial charge >= 0.3 is 6.18 Å². The van der Waals surface area contributed by atoms with Gasteiger partial charge in [-0.3, -0.25) is 0 Å². The first kappa shape index (κ1) is 25.9. The van der Waals surface area contributed by atoms with Crippen molar-refractivity contribution in [2.24, 2.45) is 4.99 Å². The monoisotopic (exact) mass is 536 g/mol. The highest BCUT2D eigenvalue weighted by molar-refractivity contribution is 14.0. The van der Waals surface area contributed by atoms with E-state index in [2.05, 4.69) is 32.4 Å². The van der Waals surface area contributed by atoms with Crippen LogP contribution in [0.15, 0.2) is 47.7 Å². The molecule has 2 N–H and O–H groups in total. The molecule has 2 aromatic rings. The summed E-state index contributed by atoms with van der Waals surface area (Å²) in [5.74, 6) is 1.55. The molecule has 166 valence electrons. The smallest absolute Gasteiger partial charge is 0.356 e. The molecule has 0 amide bonds. The van der Waals surface area contributed by atoms with Crippen molar-refractivity contribution in [3.05, 3.63) is 59.7 Å². The van der Waals surface area contributed by atoms with Crippen LogP contribution in [-0.2, 0) is 25.6 Å². The van der Waals surface area contributed by atoms with Crippen LogP contribution in [0.1, 0.15) is 30.8 Å². The molecule has 30 heavy (non-hydrogen) atoms. The first-order valence-corrected chi connectivity index (χ1v) is 9.49. The van der Waals surface area contributed by atoms with Crippen molar-refractivity contribution in [1.29, 1.82) is 0 Å². The molecule has 0 atom stereocenters. The van der Waals surface area contributed by atoms with Gasteiger partial charge in [0.15, 0.2) is 5.96 Å². The van der Waals surface area contributed by atoms with Gasteiger partial charge in [0.1, 0.15) is 12.2 Å². The van der Waals surface area contributed by atoms with Crippen LogP contribution >= 0.6 is 24.0 Å². The molecule has 0 aliphatic heterocycles. The van der Waals surface area contributed by atoms with Crippen LogP contribution in [-0.4, -0.2) is 40.4 Å². The summed E-state index contributed by atoms with van der Waals surface area (Å²) >= 11 is 0. The van der Waals surface area contributed by atoms with Crippen molar-refractivity contribution < 1.29 is 13.2 Å². The van der Waals surface area contributed by atoms with Crippen LogP contribution in [0.5, 0.6) is 0 Å². The summed E-state index contributed by atoms with van der Waals surface area (Å²) in [7, 11) is 0. The molecule has 1 heterocycles. The maximum atomic E-state index is 12.6.